The Morgan fingerprint density at radius 1 is 0.833 bits per heavy atom. The lowest BCUT2D eigenvalue weighted by atomic mass is 9.83. The summed E-state index contributed by atoms with van der Waals surface area (Å²) in [5, 5.41) is 6.22. The van der Waals surface area contributed by atoms with Gasteiger partial charge in [-0.15, -0.1) is 0 Å². The molecule has 70 valence electrons. The Hall–Kier alpha value is -0.220. The quantitative estimate of drug-likeness (QED) is 0.665. The van der Waals surface area contributed by atoms with Crippen LogP contribution in [0.1, 0.15) is 27.7 Å². The summed E-state index contributed by atoms with van der Waals surface area (Å²) in [6, 6.07) is 0. The molecule has 0 aromatic carbocycles. The van der Waals surface area contributed by atoms with E-state index in [4.69, 9.17) is 24.4 Å². The zero-order valence-corrected chi connectivity index (χ0v) is 9.60. The first-order chi connectivity index (χ1) is 5.37. The predicted molar refractivity (Wildman–Crippen MR) is 61.7 cm³/mol. The van der Waals surface area contributed by atoms with Crippen LogP contribution in [0.4, 0.5) is 0 Å². The van der Waals surface area contributed by atoms with Crippen molar-refractivity contribution in [1.82, 2.24) is 10.6 Å². The second kappa shape index (κ2) is 4.14. The molecule has 0 rings (SSSR count). The van der Waals surface area contributed by atoms with Gasteiger partial charge in [0.25, 0.3) is 0 Å². The largest absolute Gasteiger partial charge is 0.375 e. The van der Waals surface area contributed by atoms with Crippen LogP contribution >= 0.6 is 24.4 Å². The van der Waals surface area contributed by atoms with Gasteiger partial charge in [-0.2, -0.15) is 0 Å². The highest BCUT2D eigenvalue weighted by molar-refractivity contribution is 7.79. The van der Waals surface area contributed by atoms with E-state index in [1.807, 2.05) is 0 Å². The maximum Gasteiger partial charge on any atom is 0.0619 e. The monoisotopic (exact) mass is 204 g/mol. The van der Waals surface area contributed by atoms with Crippen molar-refractivity contribution in [3.8, 4) is 0 Å². The highest BCUT2D eigenvalue weighted by Crippen LogP contribution is 2.19. The van der Waals surface area contributed by atoms with Crippen LogP contribution in [0.5, 0.6) is 0 Å². The lowest BCUT2D eigenvalue weighted by Crippen LogP contribution is -2.62. The molecule has 12 heavy (non-hydrogen) atoms. The van der Waals surface area contributed by atoms with E-state index in [2.05, 4.69) is 38.3 Å². The third kappa shape index (κ3) is 2.68. The van der Waals surface area contributed by atoms with Gasteiger partial charge in [-0.25, -0.2) is 0 Å². The topological polar surface area (TPSA) is 24.1 Å². The summed E-state index contributed by atoms with van der Waals surface area (Å²) in [6.45, 7) is 8.28. The molecule has 0 aromatic heterocycles. The van der Waals surface area contributed by atoms with E-state index < -0.39 is 0 Å². The number of hydrogen-bond acceptors (Lipinski definition) is 2. The van der Waals surface area contributed by atoms with E-state index >= 15 is 0 Å². The SMILES string of the molecule is CC(C)(NC=S)C(C)(C)NC=S. The number of rotatable bonds is 5. The summed E-state index contributed by atoms with van der Waals surface area (Å²) in [4.78, 5) is 0. The summed E-state index contributed by atoms with van der Waals surface area (Å²) >= 11 is 9.51. The second-order valence-electron chi connectivity index (χ2n) is 3.77. The molecule has 0 aliphatic heterocycles. The molecule has 0 aromatic rings. The zero-order chi connectivity index (χ0) is 9.83. The molecule has 4 heteroatoms. The Bertz CT molecular complexity index is 156. The van der Waals surface area contributed by atoms with Gasteiger partial charge in [-0.1, -0.05) is 24.4 Å². The molecule has 0 saturated heterocycles. The molecule has 0 spiro atoms. The molecule has 0 fully saturated rings. The maximum absolute atomic E-state index is 4.75. The second-order valence-corrected chi connectivity index (χ2v) is 4.25. The van der Waals surface area contributed by atoms with Crippen molar-refractivity contribution in [3.05, 3.63) is 0 Å². The van der Waals surface area contributed by atoms with Crippen LogP contribution in [-0.4, -0.2) is 22.1 Å². The van der Waals surface area contributed by atoms with E-state index in [-0.39, 0.29) is 11.1 Å². The van der Waals surface area contributed by atoms with Gasteiger partial charge >= 0.3 is 0 Å². The lowest BCUT2D eigenvalue weighted by molar-refractivity contribution is 0.256. The summed E-state index contributed by atoms with van der Waals surface area (Å²) in [5.74, 6) is 0. The molecule has 0 aliphatic carbocycles. The maximum atomic E-state index is 4.75. The normalized spacial score (nSPS) is 12.0. The molecular formula is C8H16N2S2. The third-order valence-corrected chi connectivity index (χ3v) is 2.64. The third-order valence-electron chi connectivity index (χ3n) is 2.40. The Morgan fingerprint density at radius 3 is 1.25 bits per heavy atom. The molecule has 0 heterocycles. The van der Waals surface area contributed by atoms with Crippen LogP contribution in [-0.2, 0) is 0 Å². The van der Waals surface area contributed by atoms with E-state index in [1.165, 1.54) is 11.0 Å². The summed E-state index contributed by atoms with van der Waals surface area (Å²) in [5.41, 5.74) is 2.83. The van der Waals surface area contributed by atoms with Crippen LogP contribution in [0.3, 0.4) is 0 Å². The van der Waals surface area contributed by atoms with Crippen LogP contribution in [0, 0.1) is 0 Å². The molecule has 2 N–H and O–H groups in total. The first-order valence-corrected chi connectivity index (χ1v) is 4.74. The van der Waals surface area contributed by atoms with Crippen molar-refractivity contribution in [3.63, 3.8) is 0 Å². The van der Waals surface area contributed by atoms with Crippen molar-refractivity contribution in [2.24, 2.45) is 0 Å². The summed E-state index contributed by atoms with van der Waals surface area (Å²) in [6.07, 6.45) is 0. The van der Waals surface area contributed by atoms with Gasteiger partial charge in [0.2, 0.25) is 0 Å². The molecule has 0 radical (unpaired) electrons. The number of hydrogen-bond donors (Lipinski definition) is 2. The first-order valence-electron chi connectivity index (χ1n) is 3.80. The van der Waals surface area contributed by atoms with Gasteiger partial charge in [0, 0.05) is 0 Å². The summed E-state index contributed by atoms with van der Waals surface area (Å²) < 4.78 is 0. The van der Waals surface area contributed by atoms with Gasteiger partial charge in [0.05, 0.1) is 22.1 Å². The number of thiocarbonyl (C=S) groups is 2. The fourth-order valence-electron chi connectivity index (χ4n) is 0.655. The lowest BCUT2D eigenvalue weighted by Gasteiger charge is -2.41. The van der Waals surface area contributed by atoms with Gasteiger partial charge in [-0.05, 0) is 27.7 Å². The Morgan fingerprint density at radius 2 is 1.08 bits per heavy atom. The van der Waals surface area contributed by atoms with E-state index in [1.54, 1.807) is 0 Å². The van der Waals surface area contributed by atoms with Crippen LogP contribution in [0.15, 0.2) is 0 Å². The number of nitrogens with one attached hydrogen (secondary N) is 2. The fourth-order valence-corrected chi connectivity index (χ4v) is 1.24. The smallest absolute Gasteiger partial charge is 0.0619 e. The highest BCUT2D eigenvalue weighted by atomic mass is 32.1. The average Bonchev–Trinajstić information content (AvgIpc) is 1.86. The van der Waals surface area contributed by atoms with Gasteiger partial charge < -0.3 is 10.6 Å². The van der Waals surface area contributed by atoms with E-state index in [0.717, 1.165) is 0 Å². The van der Waals surface area contributed by atoms with E-state index in [0.29, 0.717) is 0 Å². The van der Waals surface area contributed by atoms with Crippen molar-refractivity contribution >= 4 is 35.4 Å². The Kier molecular flexibility index (Phi) is 4.06. The van der Waals surface area contributed by atoms with Crippen molar-refractivity contribution in [2.45, 2.75) is 38.8 Å². The minimum atomic E-state index is -0.121. The van der Waals surface area contributed by atoms with Crippen molar-refractivity contribution < 1.29 is 0 Å². The molecule has 0 aliphatic rings. The van der Waals surface area contributed by atoms with Gasteiger partial charge in [0.15, 0.2) is 0 Å². The fraction of sp³-hybridized carbons (Fsp3) is 0.750. The van der Waals surface area contributed by atoms with Crippen molar-refractivity contribution in [1.29, 1.82) is 0 Å². The molecule has 0 amide bonds. The minimum absolute atomic E-state index is 0.121. The standard InChI is InChI=1S/C8H16N2S2/c1-7(2,9-5-11)8(3,4)10-6-12/h5-6H,1-4H3,(H,9,11)(H,10,12). The molecule has 2 nitrogen and oxygen atoms in total. The Balaban J connectivity index is 4.48. The highest BCUT2D eigenvalue weighted by Gasteiger charge is 2.35. The average molecular weight is 204 g/mol. The van der Waals surface area contributed by atoms with Crippen LogP contribution in [0.2, 0.25) is 0 Å². The van der Waals surface area contributed by atoms with E-state index in [9.17, 15) is 0 Å². The van der Waals surface area contributed by atoms with Gasteiger partial charge in [0.1, 0.15) is 0 Å². The predicted octanol–water partition coefficient (Wildman–Crippen LogP) is 1.64. The minimum Gasteiger partial charge on any atom is -0.375 e. The van der Waals surface area contributed by atoms with Gasteiger partial charge in [-0.3, -0.25) is 0 Å². The zero-order valence-electron chi connectivity index (χ0n) is 7.97. The Labute approximate surface area is 85.1 Å². The van der Waals surface area contributed by atoms with Crippen LogP contribution < -0.4 is 10.6 Å². The van der Waals surface area contributed by atoms with Crippen molar-refractivity contribution in [2.75, 3.05) is 0 Å². The molecule has 0 unspecified atom stereocenters. The molecule has 0 saturated carbocycles. The molecule has 0 bridgehead atoms. The molecular weight excluding hydrogens is 188 g/mol. The molecule has 0 atom stereocenters. The summed E-state index contributed by atoms with van der Waals surface area (Å²) in [7, 11) is 0. The first kappa shape index (κ1) is 11.8. The van der Waals surface area contributed by atoms with Crippen LogP contribution in [0.25, 0.3) is 0 Å².